The molecule has 2 rings (SSSR count). The van der Waals surface area contributed by atoms with Gasteiger partial charge >= 0.3 is 0 Å². The molecule has 22 heavy (non-hydrogen) atoms. The van der Waals surface area contributed by atoms with Crippen LogP contribution in [-0.2, 0) is 11.2 Å². The van der Waals surface area contributed by atoms with E-state index < -0.39 is 0 Å². The van der Waals surface area contributed by atoms with Crippen molar-refractivity contribution in [2.24, 2.45) is 0 Å². The van der Waals surface area contributed by atoms with Gasteiger partial charge in [0.25, 0.3) is 0 Å². The second-order valence-corrected chi connectivity index (χ2v) is 6.26. The zero-order valence-corrected chi connectivity index (χ0v) is 14.3. The molecule has 0 bridgehead atoms. The van der Waals surface area contributed by atoms with Crippen molar-refractivity contribution in [1.82, 2.24) is 10.2 Å². The van der Waals surface area contributed by atoms with Gasteiger partial charge in [0.2, 0.25) is 11.0 Å². The molecule has 0 aliphatic rings. The van der Waals surface area contributed by atoms with Crippen molar-refractivity contribution in [1.29, 1.82) is 0 Å². The van der Waals surface area contributed by atoms with E-state index in [2.05, 4.69) is 40.7 Å². The van der Waals surface area contributed by atoms with E-state index in [4.69, 9.17) is 0 Å². The minimum Gasteiger partial charge on any atom is -0.373 e. The Balaban J connectivity index is 2.07. The molecule has 0 saturated heterocycles. The van der Waals surface area contributed by atoms with Crippen LogP contribution >= 0.6 is 11.3 Å². The lowest BCUT2D eigenvalue weighted by Crippen LogP contribution is -2.34. The van der Waals surface area contributed by atoms with Crippen LogP contribution in [0.4, 0.5) is 10.8 Å². The molecule has 1 aromatic carbocycles. The number of hydrogen-bond donors (Lipinski definition) is 2. The molecule has 0 unspecified atom stereocenters. The van der Waals surface area contributed by atoms with Crippen LogP contribution in [0.5, 0.6) is 0 Å². The number of carbonyl (C=O) groups is 1. The lowest BCUT2D eigenvalue weighted by atomic mass is 10.1. The summed E-state index contributed by atoms with van der Waals surface area (Å²) in [5, 5.41) is 15.7. The SMILES string of the molecule is CCc1nnc(NC(=O)[C@@H](CC)Nc2cccc(C)c2C)s1. The van der Waals surface area contributed by atoms with Crippen molar-refractivity contribution in [3.63, 3.8) is 0 Å². The number of benzene rings is 1. The maximum absolute atomic E-state index is 12.4. The van der Waals surface area contributed by atoms with Crippen molar-refractivity contribution in [2.45, 2.75) is 46.6 Å². The Kier molecular flexibility index (Phi) is 5.49. The zero-order chi connectivity index (χ0) is 16.1. The Labute approximate surface area is 135 Å². The lowest BCUT2D eigenvalue weighted by Gasteiger charge is -2.19. The van der Waals surface area contributed by atoms with Crippen molar-refractivity contribution in [3.05, 3.63) is 34.3 Å². The van der Waals surface area contributed by atoms with E-state index in [9.17, 15) is 4.79 Å². The van der Waals surface area contributed by atoms with Gasteiger partial charge in [-0.05, 0) is 43.9 Å². The molecule has 118 valence electrons. The summed E-state index contributed by atoms with van der Waals surface area (Å²) in [5.74, 6) is -0.0813. The number of nitrogens with zero attached hydrogens (tertiary/aromatic N) is 2. The van der Waals surface area contributed by atoms with Gasteiger partial charge in [-0.3, -0.25) is 10.1 Å². The molecular formula is C16H22N4OS. The molecule has 1 heterocycles. The maximum atomic E-state index is 12.4. The predicted octanol–water partition coefficient (Wildman–Crippen LogP) is 3.55. The van der Waals surface area contributed by atoms with Gasteiger partial charge in [0.1, 0.15) is 11.0 Å². The van der Waals surface area contributed by atoms with Gasteiger partial charge in [0.05, 0.1) is 0 Å². The van der Waals surface area contributed by atoms with Crippen LogP contribution in [0.2, 0.25) is 0 Å². The number of aryl methyl sites for hydroxylation is 2. The molecule has 0 radical (unpaired) electrons. The summed E-state index contributed by atoms with van der Waals surface area (Å²) in [7, 11) is 0. The first-order valence-corrected chi connectivity index (χ1v) is 8.32. The van der Waals surface area contributed by atoms with E-state index in [-0.39, 0.29) is 11.9 Å². The second kappa shape index (κ2) is 7.35. The smallest absolute Gasteiger partial charge is 0.248 e. The minimum atomic E-state index is -0.297. The summed E-state index contributed by atoms with van der Waals surface area (Å²) < 4.78 is 0. The first kappa shape index (κ1) is 16.4. The monoisotopic (exact) mass is 318 g/mol. The maximum Gasteiger partial charge on any atom is 0.248 e. The molecule has 0 aliphatic carbocycles. The van der Waals surface area contributed by atoms with Crippen LogP contribution in [0, 0.1) is 13.8 Å². The summed E-state index contributed by atoms with van der Waals surface area (Å²) in [6.45, 7) is 8.12. The number of carbonyl (C=O) groups excluding carboxylic acids is 1. The number of aromatic nitrogens is 2. The largest absolute Gasteiger partial charge is 0.373 e. The van der Waals surface area contributed by atoms with Crippen molar-refractivity contribution in [3.8, 4) is 0 Å². The van der Waals surface area contributed by atoms with Gasteiger partial charge in [-0.25, -0.2) is 0 Å². The number of anilines is 2. The molecular weight excluding hydrogens is 296 g/mol. The summed E-state index contributed by atoms with van der Waals surface area (Å²) in [4.78, 5) is 12.4. The zero-order valence-electron chi connectivity index (χ0n) is 13.4. The normalized spacial score (nSPS) is 12.0. The van der Waals surface area contributed by atoms with Gasteiger partial charge in [-0.2, -0.15) is 0 Å². The number of rotatable bonds is 6. The number of nitrogens with one attached hydrogen (secondary N) is 2. The molecule has 0 fully saturated rings. The van der Waals surface area contributed by atoms with Gasteiger partial charge < -0.3 is 5.32 Å². The third kappa shape index (κ3) is 3.82. The highest BCUT2D eigenvalue weighted by atomic mass is 32.1. The van der Waals surface area contributed by atoms with Crippen LogP contribution in [0.25, 0.3) is 0 Å². The molecule has 1 atom stereocenters. The highest BCUT2D eigenvalue weighted by molar-refractivity contribution is 7.15. The van der Waals surface area contributed by atoms with Crippen LogP contribution in [0.3, 0.4) is 0 Å². The fraction of sp³-hybridized carbons (Fsp3) is 0.438. The van der Waals surface area contributed by atoms with E-state index in [0.717, 1.165) is 22.7 Å². The minimum absolute atomic E-state index is 0.0813. The summed E-state index contributed by atoms with van der Waals surface area (Å²) in [6.07, 6.45) is 1.52. The van der Waals surface area contributed by atoms with E-state index in [1.54, 1.807) is 0 Å². The fourth-order valence-corrected chi connectivity index (χ4v) is 2.77. The molecule has 0 spiro atoms. The molecule has 0 aliphatic heterocycles. The molecule has 6 heteroatoms. The van der Waals surface area contributed by atoms with E-state index in [1.165, 1.54) is 16.9 Å². The predicted molar refractivity (Wildman–Crippen MR) is 91.5 cm³/mol. The van der Waals surface area contributed by atoms with Crippen LogP contribution in [0.1, 0.15) is 36.4 Å². The highest BCUT2D eigenvalue weighted by Crippen LogP contribution is 2.21. The number of amides is 1. The van der Waals surface area contributed by atoms with Crippen molar-refractivity contribution < 1.29 is 4.79 Å². The summed E-state index contributed by atoms with van der Waals surface area (Å²) in [6, 6.07) is 5.76. The van der Waals surface area contributed by atoms with E-state index >= 15 is 0 Å². The lowest BCUT2D eigenvalue weighted by molar-refractivity contribution is -0.117. The van der Waals surface area contributed by atoms with E-state index in [1.807, 2.05) is 26.0 Å². The Bertz CT molecular complexity index is 653. The van der Waals surface area contributed by atoms with Gasteiger partial charge in [0.15, 0.2) is 0 Å². The third-order valence-corrected chi connectivity index (χ3v) is 4.64. The second-order valence-electron chi connectivity index (χ2n) is 5.20. The quantitative estimate of drug-likeness (QED) is 0.855. The van der Waals surface area contributed by atoms with Gasteiger partial charge in [-0.1, -0.05) is 37.3 Å². The average Bonchev–Trinajstić information content (AvgIpc) is 2.96. The van der Waals surface area contributed by atoms with E-state index in [0.29, 0.717) is 11.6 Å². The first-order chi connectivity index (χ1) is 10.5. The van der Waals surface area contributed by atoms with Crippen LogP contribution < -0.4 is 10.6 Å². The standard InChI is InChI=1S/C16H22N4OS/c1-5-12(17-13-9-7-8-10(3)11(13)4)15(21)18-16-20-19-14(6-2)22-16/h7-9,12,17H,5-6H2,1-4H3,(H,18,20,21)/t12-/m1/s1. The third-order valence-electron chi connectivity index (χ3n) is 3.66. The van der Waals surface area contributed by atoms with Crippen molar-refractivity contribution >= 4 is 28.1 Å². The van der Waals surface area contributed by atoms with Gasteiger partial charge in [0, 0.05) is 5.69 Å². The molecule has 2 aromatic rings. The molecule has 0 saturated carbocycles. The fourth-order valence-electron chi connectivity index (χ4n) is 2.09. The molecule has 2 N–H and O–H groups in total. The highest BCUT2D eigenvalue weighted by Gasteiger charge is 2.18. The molecule has 5 nitrogen and oxygen atoms in total. The van der Waals surface area contributed by atoms with Crippen molar-refractivity contribution in [2.75, 3.05) is 10.6 Å². The summed E-state index contributed by atoms with van der Waals surface area (Å²) >= 11 is 1.42. The average molecular weight is 318 g/mol. The van der Waals surface area contributed by atoms with Crippen LogP contribution in [0.15, 0.2) is 18.2 Å². The Morgan fingerprint density at radius 3 is 2.68 bits per heavy atom. The van der Waals surface area contributed by atoms with Crippen LogP contribution in [-0.4, -0.2) is 22.1 Å². The Morgan fingerprint density at radius 1 is 1.27 bits per heavy atom. The Hall–Kier alpha value is -1.95. The number of hydrogen-bond acceptors (Lipinski definition) is 5. The Morgan fingerprint density at radius 2 is 2.05 bits per heavy atom. The molecule has 1 aromatic heterocycles. The molecule has 1 amide bonds. The van der Waals surface area contributed by atoms with Gasteiger partial charge in [-0.15, -0.1) is 10.2 Å². The topological polar surface area (TPSA) is 66.9 Å². The first-order valence-electron chi connectivity index (χ1n) is 7.51. The summed E-state index contributed by atoms with van der Waals surface area (Å²) in [5.41, 5.74) is 3.36.